The molecule has 1 aliphatic carbocycles. The lowest BCUT2D eigenvalue weighted by Crippen LogP contribution is -2.25. The van der Waals surface area contributed by atoms with Gasteiger partial charge in [-0.1, -0.05) is 53.4 Å². The summed E-state index contributed by atoms with van der Waals surface area (Å²) in [5.41, 5.74) is 1.83. The number of methoxy groups -OCH3 is 1. The van der Waals surface area contributed by atoms with Crippen molar-refractivity contribution in [1.82, 2.24) is 9.66 Å². The molecule has 40 heavy (non-hydrogen) atoms. The molecule has 0 bridgehead atoms. The van der Waals surface area contributed by atoms with Crippen LogP contribution < -0.4 is 20.3 Å². The number of hydrogen-bond donors (Lipinski definition) is 1. The standard InChI is InChI=1S/C30H28Br2N4O4/c1-39-26-15-19(14-24(32)28(26)40-18-27(37)34-22-10-6-3-7-11-22)17-33-36-29(20-8-4-2-5-9-20)35-25-13-12-21(31)16-23(25)30(36)38/h3,6-7,10-17,20H,2,4-5,8-9,18H2,1H3,(H,34,37). The zero-order chi connectivity index (χ0) is 28.1. The summed E-state index contributed by atoms with van der Waals surface area (Å²) < 4.78 is 14.2. The van der Waals surface area contributed by atoms with Gasteiger partial charge in [0.15, 0.2) is 18.1 Å². The number of carbonyl (C=O) groups is 1. The lowest BCUT2D eigenvalue weighted by atomic mass is 9.88. The number of rotatable bonds is 8. The molecule has 1 N–H and O–H groups in total. The maximum absolute atomic E-state index is 13.6. The zero-order valence-corrected chi connectivity index (χ0v) is 25.1. The van der Waals surface area contributed by atoms with Crippen molar-refractivity contribution in [3.8, 4) is 11.5 Å². The van der Waals surface area contributed by atoms with Gasteiger partial charge in [0.05, 0.1) is 28.7 Å². The van der Waals surface area contributed by atoms with Gasteiger partial charge in [0, 0.05) is 16.1 Å². The van der Waals surface area contributed by atoms with Crippen LogP contribution in [0.25, 0.3) is 10.9 Å². The van der Waals surface area contributed by atoms with Gasteiger partial charge in [-0.3, -0.25) is 9.59 Å². The molecule has 0 saturated heterocycles. The molecule has 4 aromatic rings. The summed E-state index contributed by atoms with van der Waals surface area (Å²) >= 11 is 6.99. The van der Waals surface area contributed by atoms with E-state index in [-0.39, 0.29) is 24.0 Å². The largest absolute Gasteiger partial charge is 0.493 e. The number of halogens is 2. The summed E-state index contributed by atoms with van der Waals surface area (Å²) in [4.78, 5) is 30.8. The molecule has 206 valence electrons. The molecule has 1 heterocycles. The molecule has 0 unspecified atom stereocenters. The molecule has 10 heteroatoms. The maximum atomic E-state index is 13.6. The number of para-hydroxylation sites is 1. The molecule has 8 nitrogen and oxygen atoms in total. The fraction of sp³-hybridized carbons (Fsp3) is 0.267. The van der Waals surface area contributed by atoms with Gasteiger partial charge >= 0.3 is 0 Å². The van der Waals surface area contributed by atoms with Crippen LogP contribution in [0.4, 0.5) is 5.69 Å². The van der Waals surface area contributed by atoms with Gasteiger partial charge < -0.3 is 14.8 Å². The van der Waals surface area contributed by atoms with E-state index >= 15 is 0 Å². The van der Waals surface area contributed by atoms with Crippen molar-refractivity contribution in [1.29, 1.82) is 0 Å². The zero-order valence-electron chi connectivity index (χ0n) is 21.9. The first-order chi connectivity index (χ1) is 19.4. The highest BCUT2D eigenvalue weighted by Gasteiger charge is 2.22. The molecule has 3 aromatic carbocycles. The molecule has 0 atom stereocenters. The van der Waals surface area contributed by atoms with Crippen LogP contribution in [-0.2, 0) is 4.79 Å². The third-order valence-electron chi connectivity index (χ3n) is 6.78. The van der Waals surface area contributed by atoms with Crippen LogP contribution in [0.5, 0.6) is 11.5 Å². The minimum atomic E-state index is -0.296. The predicted octanol–water partition coefficient (Wildman–Crippen LogP) is 6.88. The molecule has 1 saturated carbocycles. The van der Waals surface area contributed by atoms with E-state index in [2.05, 4.69) is 42.3 Å². The molecular weight excluding hydrogens is 640 g/mol. The number of benzene rings is 3. The molecule has 0 radical (unpaired) electrons. The lowest BCUT2D eigenvalue weighted by molar-refractivity contribution is -0.118. The monoisotopic (exact) mass is 666 g/mol. The Morgan fingerprint density at radius 2 is 1.88 bits per heavy atom. The Kier molecular flexibility index (Phi) is 8.96. The Bertz CT molecular complexity index is 1620. The number of fused-ring (bicyclic) bond motifs is 1. The van der Waals surface area contributed by atoms with E-state index < -0.39 is 0 Å². The van der Waals surface area contributed by atoms with Crippen LogP contribution in [0.3, 0.4) is 0 Å². The van der Waals surface area contributed by atoms with Gasteiger partial charge in [0.25, 0.3) is 11.5 Å². The Balaban J connectivity index is 1.43. The average molecular weight is 668 g/mol. The summed E-state index contributed by atoms with van der Waals surface area (Å²) in [6.45, 7) is -0.199. The third-order valence-corrected chi connectivity index (χ3v) is 7.87. The lowest BCUT2D eigenvalue weighted by Gasteiger charge is -2.22. The van der Waals surface area contributed by atoms with Crippen molar-refractivity contribution in [3.63, 3.8) is 0 Å². The highest BCUT2D eigenvalue weighted by Crippen LogP contribution is 2.36. The molecule has 1 aliphatic rings. The predicted molar refractivity (Wildman–Crippen MR) is 164 cm³/mol. The summed E-state index contributed by atoms with van der Waals surface area (Å²) in [5.74, 6) is 1.37. The van der Waals surface area contributed by atoms with Crippen LogP contribution in [0, 0.1) is 0 Å². The van der Waals surface area contributed by atoms with E-state index in [0.29, 0.717) is 43.9 Å². The minimum absolute atomic E-state index is 0.172. The second-order valence-electron chi connectivity index (χ2n) is 9.56. The van der Waals surface area contributed by atoms with Crippen LogP contribution in [0.1, 0.15) is 49.4 Å². The summed E-state index contributed by atoms with van der Waals surface area (Å²) in [5, 5.41) is 7.91. The van der Waals surface area contributed by atoms with Crippen molar-refractivity contribution in [2.24, 2.45) is 5.10 Å². The van der Waals surface area contributed by atoms with Crippen molar-refractivity contribution < 1.29 is 14.3 Å². The smallest absolute Gasteiger partial charge is 0.282 e. The SMILES string of the molecule is COc1cc(C=Nn2c(C3CCCCC3)nc3ccc(Br)cc3c2=O)cc(Br)c1OCC(=O)Nc1ccccc1. The first kappa shape index (κ1) is 28.0. The third kappa shape index (κ3) is 6.45. The number of nitrogens with one attached hydrogen (secondary N) is 1. The Morgan fingerprint density at radius 3 is 2.62 bits per heavy atom. The summed E-state index contributed by atoms with van der Waals surface area (Å²) in [6.07, 6.45) is 6.98. The number of hydrogen-bond acceptors (Lipinski definition) is 6. The summed E-state index contributed by atoms with van der Waals surface area (Å²) in [7, 11) is 1.52. The fourth-order valence-electron chi connectivity index (χ4n) is 4.84. The Morgan fingerprint density at radius 1 is 1.10 bits per heavy atom. The molecule has 0 aliphatic heterocycles. The molecule has 1 aromatic heterocycles. The topological polar surface area (TPSA) is 94.8 Å². The molecule has 1 fully saturated rings. The Hall–Kier alpha value is -3.50. The molecule has 0 spiro atoms. The van der Waals surface area contributed by atoms with E-state index in [0.717, 1.165) is 30.2 Å². The highest BCUT2D eigenvalue weighted by molar-refractivity contribution is 9.10. The molecular formula is C30H28Br2N4O4. The Labute approximate surface area is 248 Å². The molecule has 5 rings (SSSR count). The van der Waals surface area contributed by atoms with Gasteiger partial charge in [-0.25, -0.2) is 4.98 Å². The minimum Gasteiger partial charge on any atom is -0.493 e. The molecule has 1 amide bonds. The van der Waals surface area contributed by atoms with Gasteiger partial charge in [-0.2, -0.15) is 9.78 Å². The first-order valence-electron chi connectivity index (χ1n) is 13.0. The van der Waals surface area contributed by atoms with Crippen molar-refractivity contribution in [3.05, 3.63) is 91.4 Å². The number of ether oxygens (including phenoxy) is 2. The van der Waals surface area contributed by atoms with E-state index in [1.54, 1.807) is 36.5 Å². The van der Waals surface area contributed by atoms with Crippen molar-refractivity contribution in [2.45, 2.75) is 38.0 Å². The van der Waals surface area contributed by atoms with Gasteiger partial charge in [0.1, 0.15) is 5.82 Å². The normalized spacial score (nSPS) is 14.0. The highest BCUT2D eigenvalue weighted by atomic mass is 79.9. The second kappa shape index (κ2) is 12.8. The maximum Gasteiger partial charge on any atom is 0.282 e. The van der Waals surface area contributed by atoms with Crippen LogP contribution >= 0.6 is 31.9 Å². The van der Waals surface area contributed by atoms with Crippen LogP contribution in [0.2, 0.25) is 0 Å². The van der Waals surface area contributed by atoms with Gasteiger partial charge in [-0.05, 0) is 76.8 Å². The van der Waals surface area contributed by atoms with Gasteiger partial charge in [0.2, 0.25) is 0 Å². The van der Waals surface area contributed by atoms with Crippen molar-refractivity contribution >= 4 is 60.6 Å². The van der Waals surface area contributed by atoms with E-state index in [1.807, 2.05) is 30.3 Å². The van der Waals surface area contributed by atoms with E-state index in [9.17, 15) is 9.59 Å². The van der Waals surface area contributed by atoms with Crippen molar-refractivity contribution in [2.75, 3.05) is 19.0 Å². The van der Waals surface area contributed by atoms with Crippen LogP contribution in [0.15, 0.2) is 79.5 Å². The van der Waals surface area contributed by atoms with E-state index in [1.165, 1.54) is 18.2 Å². The fourth-order valence-corrected chi connectivity index (χ4v) is 5.77. The number of amides is 1. The van der Waals surface area contributed by atoms with Gasteiger partial charge in [-0.15, -0.1) is 0 Å². The quantitative estimate of drug-likeness (QED) is 0.207. The number of nitrogens with zero attached hydrogens (tertiary/aromatic N) is 3. The van der Waals surface area contributed by atoms with E-state index in [4.69, 9.17) is 14.5 Å². The summed E-state index contributed by atoms with van der Waals surface area (Å²) in [6, 6.07) is 18.2. The van der Waals surface area contributed by atoms with Crippen LogP contribution in [-0.4, -0.2) is 35.5 Å². The number of aromatic nitrogens is 2. The first-order valence-corrected chi connectivity index (χ1v) is 14.6. The average Bonchev–Trinajstić information content (AvgIpc) is 2.97. The second-order valence-corrected chi connectivity index (χ2v) is 11.3. The number of carbonyl (C=O) groups excluding carboxylic acids is 1. The number of anilines is 1.